The van der Waals surface area contributed by atoms with E-state index in [1.54, 1.807) is 0 Å². The van der Waals surface area contributed by atoms with Crippen LogP contribution in [0.1, 0.15) is 78.1 Å². The average Bonchev–Trinajstić information content (AvgIpc) is 2.38. The maximum Gasteiger partial charge on any atom is 0.123 e. The maximum absolute atomic E-state index is 10.7. The van der Waals surface area contributed by atoms with Gasteiger partial charge in [0.05, 0.1) is 0 Å². The fraction of sp³-hybridized carbons (Fsp3) is 0.944. The van der Waals surface area contributed by atoms with Crippen molar-refractivity contribution in [3.63, 3.8) is 0 Å². The molecule has 0 radical (unpaired) electrons. The predicted molar refractivity (Wildman–Crippen MR) is 81.0 cm³/mol. The van der Waals surface area contributed by atoms with Gasteiger partial charge < -0.3 is 4.79 Å². The van der Waals surface area contributed by atoms with E-state index in [1.807, 2.05) is 0 Å². The van der Waals surface area contributed by atoms with E-state index in [9.17, 15) is 4.79 Å². The third kappa shape index (κ3) is 4.93. The molecule has 0 spiro atoms. The molecular weight excluding hydrogens is 232 g/mol. The second-order valence-electron chi connectivity index (χ2n) is 7.63. The molecule has 0 heterocycles. The molecule has 1 heteroatoms. The Kier molecular flexibility index (Phi) is 5.91. The zero-order valence-electron chi connectivity index (χ0n) is 12.9. The van der Waals surface area contributed by atoms with Crippen LogP contribution in [0.5, 0.6) is 0 Å². The van der Waals surface area contributed by atoms with Crippen molar-refractivity contribution < 1.29 is 4.79 Å². The topological polar surface area (TPSA) is 17.1 Å². The Morgan fingerprint density at radius 2 is 1.42 bits per heavy atom. The van der Waals surface area contributed by atoms with Crippen molar-refractivity contribution in [3.8, 4) is 0 Å². The van der Waals surface area contributed by atoms with Gasteiger partial charge in [0, 0.05) is 5.92 Å². The molecule has 2 saturated carbocycles. The van der Waals surface area contributed by atoms with Gasteiger partial charge in [0.15, 0.2) is 0 Å². The molecule has 0 N–H and O–H groups in total. The molecule has 0 aromatic carbocycles. The van der Waals surface area contributed by atoms with Crippen LogP contribution in [-0.2, 0) is 4.79 Å². The van der Waals surface area contributed by atoms with Crippen molar-refractivity contribution in [2.24, 2.45) is 29.6 Å². The molecule has 0 saturated heterocycles. The van der Waals surface area contributed by atoms with E-state index in [2.05, 4.69) is 13.8 Å². The first-order valence-electron chi connectivity index (χ1n) is 8.62. The molecule has 2 aliphatic carbocycles. The molecule has 2 rings (SSSR count). The standard InChI is InChI=1S/C18H32O/c1-14-10-15(2)12-18(11-14)5-3-4-16-6-8-17(13-19)9-7-16/h13-18H,3-12H2,1-2H3. The van der Waals surface area contributed by atoms with Gasteiger partial charge in [0.25, 0.3) is 0 Å². The Morgan fingerprint density at radius 3 is 2.00 bits per heavy atom. The molecule has 2 unspecified atom stereocenters. The lowest BCUT2D eigenvalue weighted by Gasteiger charge is -2.32. The molecule has 0 amide bonds. The lowest BCUT2D eigenvalue weighted by molar-refractivity contribution is -0.112. The van der Waals surface area contributed by atoms with Gasteiger partial charge in [-0.2, -0.15) is 0 Å². The van der Waals surface area contributed by atoms with E-state index in [-0.39, 0.29) is 0 Å². The molecule has 19 heavy (non-hydrogen) atoms. The number of carbonyl (C=O) groups excluding carboxylic acids is 1. The van der Waals surface area contributed by atoms with E-state index in [1.165, 1.54) is 57.7 Å². The molecule has 0 bridgehead atoms. The molecular formula is C18H32O. The summed E-state index contributed by atoms with van der Waals surface area (Å²) in [5, 5.41) is 0. The second kappa shape index (κ2) is 7.45. The molecule has 0 aromatic rings. The highest BCUT2D eigenvalue weighted by Crippen LogP contribution is 2.37. The van der Waals surface area contributed by atoms with Crippen LogP contribution in [0.25, 0.3) is 0 Å². The lowest BCUT2D eigenvalue weighted by atomic mass is 9.74. The quantitative estimate of drug-likeness (QED) is 0.621. The van der Waals surface area contributed by atoms with E-state index in [4.69, 9.17) is 0 Å². The van der Waals surface area contributed by atoms with Crippen molar-refractivity contribution >= 4 is 6.29 Å². The van der Waals surface area contributed by atoms with E-state index in [0.717, 1.165) is 36.5 Å². The van der Waals surface area contributed by atoms with Gasteiger partial charge in [0.2, 0.25) is 0 Å². The Morgan fingerprint density at radius 1 is 0.842 bits per heavy atom. The molecule has 0 aliphatic heterocycles. The van der Waals surface area contributed by atoms with Gasteiger partial charge in [-0.25, -0.2) is 0 Å². The summed E-state index contributed by atoms with van der Waals surface area (Å²) in [7, 11) is 0. The highest BCUT2D eigenvalue weighted by Gasteiger charge is 2.24. The summed E-state index contributed by atoms with van der Waals surface area (Å²) in [5.41, 5.74) is 0. The Hall–Kier alpha value is -0.330. The monoisotopic (exact) mass is 264 g/mol. The zero-order chi connectivity index (χ0) is 13.7. The summed E-state index contributed by atoms with van der Waals surface area (Å²) in [6.07, 6.45) is 14.8. The van der Waals surface area contributed by atoms with Crippen molar-refractivity contribution in [1.29, 1.82) is 0 Å². The van der Waals surface area contributed by atoms with Crippen LogP contribution in [0, 0.1) is 29.6 Å². The van der Waals surface area contributed by atoms with Gasteiger partial charge in [-0.05, 0) is 68.6 Å². The van der Waals surface area contributed by atoms with Crippen LogP contribution in [0.3, 0.4) is 0 Å². The van der Waals surface area contributed by atoms with Gasteiger partial charge in [-0.15, -0.1) is 0 Å². The van der Waals surface area contributed by atoms with Crippen molar-refractivity contribution in [2.75, 3.05) is 0 Å². The normalized spacial score (nSPS) is 40.0. The minimum Gasteiger partial charge on any atom is -0.303 e. The van der Waals surface area contributed by atoms with Gasteiger partial charge >= 0.3 is 0 Å². The fourth-order valence-corrected chi connectivity index (χ4v) is 4.66. The molecule has 0 aromatic heterocycles. The highest BCUT2D eigenvalue weighted by molar-refractivity contribution is 5.53. The number of carbonyl (C=O) groups is 1. The van der Waals surface area contributed by atoms with Crippen LogP contribution in [-0.4, -0.2) is 6.29 Å². The summed E-state index contributed by atoms with van der Waals surface area (Å²) in [6, 6.07) is 0. The first-order valence-corrected chi connectivity index (χ1v) is 8.62. The minimum atomic E-state index is 0.385. The number of hydrogen-bond donors (Lipinski definition) is 0. The van der Waals surface area contributed by atoms with E-state index < -0.39 is 0 Å². The summed E-state index contributed by atoms with van der Waals surface area (Å²) in [4.78, 5) is 10.7. The first kappa shape index (κ1) is 15.1. The van der Waals surface area contributed by atoms with Gasteiger partial charge in [0.1, 0.15) is 6.29 Å². The smallest absolute Gasteiger partial charge is 0.123 e. The minimum absolute atomic E-state index is 0.385. The Bertz CT molecular complexity index is 255. The van der Waals surface area contributed by atoms with Crippen LogP contribution < -0.4 is 0 Å². The number of rotatable bonds is 5. The molecule has 2 aliphatic rings. The number of aldehydes is 1. The van der Waals surface area contributed by atoms with E-state index >= 15 is 0 Å². The van der Waals surface area contributed by atoms with Crippen molar-refractivity contribution in [2.45, 2.75) is 78.1 Å². The van der Waals surface area contributed by atoms with Crippen LogP contribution in [0.4, 0.5) is 0 Å². The van der Waals surface area contributed by atoms with Crippen LogP contribution in [0.15, 0.2) is 0 Å². The molecule has 2 fully saturated rings. The summed E-state index contributed by atoms with van der Waals surface area (Å²) >= 11 is 0. The lowest BCUT2D eigenvalue weighted by Crippen LogP contribution is -2.20. The summed E-state index contributed by atoms with van der Waals surface area (Å²) < 4.78 is 0. The number of hydrogen-bond acceptors (Lipinski definition) is 1. The van der Waals surface area contributed by atoms with E-state index in [0.29, 0.717) is 5.92 Å². The van der Waals surface area contributed by atoms with Crippen LogP contribution >= 0.6 is 0 Å². The van der Waals surface area contributed by atoms with Gasteiger partial charge in [-0.3, -0.25) is 0 Å². The van der Waals surface area contributed by atoms with Crippen molar-refractivity contribution in [1.82, 2.24) is 0 Å². The predicted octanol–water partition coefficient (Wildman–Crippen LogP) is 5.23. The van der Waals surface area contributed by atoms with Gasteiger partial charge in [-0.1, -0.05) is 33.1 Å². The molecule has 1 nitrogen and oxygen atoms in total. The summed E-state index contributed by atoms with van der Waals surface area (Å²) in [5.74, 6) is 4.23. The average molecular weight is 264 g/mol. The SMILES string of the molecule is CC1CC(C)CC(CCCC2CCC(C=O)CC2)C1. The Balaban J connectivity index is 1.60. The first-order chi connectivity index (χ1) is 9.17. The Labute approximate surface area is 119 Å². The highest BCUT2D eigenvalue weighted by atomic mass is 16.1. The third-order valence-corrected chi connectivity index (χ3v) is 5.58. The molecule has 110 valence electrons. The second-order valence-corrected chi connectivity index (χ2v) is 7.63. The van der Waals surface area contributed by atoms with Crippen molar-refractivity contribution in [3.05, 3.63) is 0 Å². The third-order valence-electron chi connectivity index (χ3n) is 5.58. The zero-order valence-corrected chi connectivity index (χ0v) is 12.9. The summed E-state index contributed by atoms with van der Waals surface area (Å²) in [6.45, 7) is 4.87. The van der Waals surface area contributed by atoms with Crippen LogP contribution in [0.2, 0.25) is 0 Å². The largest absolute Gasteiger partial charge is 0.303 e. The maximum atomic E-state index is 10.7. The molecule has 2 atom stereocenters. The fourth-order valence-electron chi connectivity index (χ4n) is 4.66.